The van der Waals surface area contributed by atoms with Crippen LogP contribution in [0.15, 0.2) is 0 Å². The van der Waals surface area contributed by atoms with Crippen molar-refractivity contribution in [1.29, 1.82) is 0 Å². The molecule has 0 aliphatic carbocycles. The minimum Gasteiger partial charge on any atom is -0.381 e. The van der Waals surface area contributed by atoms with E-state index in [1.807, 2.05) is 6.92 Å². The van der Waals surface area contributed by atoms with Crippen LogP contribution >= 0.6 is 0 Å². The second kappa shape index (κ2) is 9.34. The van der Waals surface area contributed by atoms with E-state index in [4.69, 9.17) is 10.5 Å². The van der Waals surface area contributed by atoms with Crippen molar-refractivity contribution in [3.63, 3.8) is 0 Å². The van der Waals surface area contributed by atoms with Crippen molar-refractivity contribution in [1.82, 2.24) is 5.32 Å². The summed E-state index contributed by atoms with van der Waals surface area (Å²) < 4.78 is 5.62. The number of primary amides is 1. The average molecular weight is 258 g/mol. The predicted molar refractivity (Wildman–Crippen MR) is 75.4 cm³/mol. The maximum absolute atomic E-state index is 11.3. The number of carbonyl (C=O) groups is 1. The third-order valence-electron chi connectivity index (χ3n) is 3.49. The first kappa shape index (κ1) is 17.4. The Balaban J connectivity index is 3.59. The number of likely N-dealkylation sites (N-methyl/N-ethyl adjacent to an activating group) is 1. The van der Waals surface area contributed by atoms with Gasteiger partial charge < -0.3 is 15.8 Å². The van der Waals surface area contributed by atoms with Crippen LogP contribution < -0.4 is 11.1 Å². The van der Waals surface area contributed by atoms with Gasteiger partial charge in [0.2, 0.25) is 5.91 Å². The van der Waals surface area contributed by atoms with E-state index in [-0.39, 0.29) is 5.91 Å². The molecule has 0 heterocycles. The van der Waals surface area contributed by atoms with E-state index in [9.17, 15) is 4.79 Å². The Labute approximate surface area is 112 Å². The Hall–Kier alpha value is -0.610. The summed E-state index contributed by atoms with van der Waals surface area (Å²) in [4.78, 5) is 11.3. The molecule has 0 bridgehead atoms. The molecular formula is C14H30N2O2. The molecule has 0 aromatic carbocycles. The van der Waals surface area contributed by atoms with Gasteiger partial charge in [-0.15, -0.1) is 0 Å². The molecule has 18 heavy (non-hydrogen) atoms. The molecule has 3 N–H and O–H groups in total. The molecule has 2 unspecified atom stereocenters. The quantitative estimate of drug-likeness (QED) is 0.558. The molecule has 4 nitrogen and oxygen atoms in total. The Kier molecular flexibility index (Phi) is 9.02. The lowest BCUT2D eigenvalue weighted by molar-refractivity contribution is -0.123. The molecule has 0 aromatic heterocycles. The molecule has 0 rings (SSSR count). The number of carbonyl (C=O) groups excluding carboxylic acids is 1. The summed E-state index contributed by atoms with van der Waals surface area (Å²) in [5.41, 5.74) is 4.77. The van der Waals surface area contributed by atoms with Crippen LogP contribution in [0.4, 0.5) is 0 Å². The van der Waals surface area contributed by atoms with Gasteiger partial charge >= 0.3 is 0 Å². The van der Waals surface area contributed by atoms with Crippen molar-refractivity contribution in [2.45, 2.75) is 58.4 Å². The number of nitrogens with two attached hydrogens (primary N) is 1. The molecule has 0 radical (unpaired) electrons. The molecule has 0 fully saturated rings. The minimum atomic E-state index is -0.588. The lowest BCUT2D eigenvalue weighted by Crippen LogP contribution is -2.51. The van der Waals surface area contributed by atoms with Gasteiger partial charge in [0, 0.05) is 13.2 Å². The number of unbranched alkanes of at least 4 members (excludes halogenated alkanes) is 1. The van der Waals surface area contributed by atoms with Crippen LogP contribution in [0.5, 0.6) is 0 Å². The van der Waals surface area contributed by atoms with Crippen molar-refractivity contribution >= 4 is 5.91 Å². The van der Waals surface area contributed by atoms with E-state index in [0.29, 0.717) is 5.92 Å². The summed E-state index contributed by atoms with van der Waals surface area (Å²) in [6.07, 6.45) is 5.11. The molecular weight excluding hydrogens is 228 g/mol. The molecule has 108 valence electrons. The van der Waals surface area contributed by atoms with Gasteiger partial charge in [-0.2, -0.15) is 0 Å². The first-order valence-corrected chi connectivity index (χ1v) is 7.02. The van der Waals surface area contributed by atoms with E-state index < -0.39 is 5.54 Å². The fourth-order valence-corrected chi connectivity index (χ4v) is 1.91. The van der Waals surface area contributed by atoms with Crippen molar-refractivity contribution in [2.24, 2.45) is 11.7 Å². The highest BCUT2D eigenvalue weighted by atomic mass is 16.5. The average Bonchev–Trinajstić information content (AvgIpc) is 2.33. The largest absolute Gasteiger partial charge is 0.381 e. The number of hydrogen-bond acceptors (Lipinski definition) is 3. The zero-order chi connectivity index (χ0) is 14.0. The number of rotatable bonds is 11. The van der Waals surface area contributed by atoms with E-state index in [1.165, 1.54) is 12.8 Å². The lowest BCUT2D eigenvalue weighted by Gasteiger charge is -2.25. The van der Waals surface area contributed by atoms with E-state index in [2.05, 4.69) is 19.2 Å². The van der Waals surface area contributed by atoms with Crippen LogP contribution in [0.1, 0.15) is 52.9 Å². The third kappa shape index (κ3) is 6.97. The predicted octanol–water partition coefficient (Wildman–Crippen LogP) is 2.07. The maximum Gasteiger partial charge on any atom is 0.237 e. The Morgan fingerprint density at radius 1 is 1.44 bits per heavy atom. The van der Waals surface area contributed by atoms with Crippen LogP contribution in [0.2, 0.25) is 0 Å². The third-order valence-corrected chi connectivity index (χ3v) is 3.49. The van der Waals surface area contributed by atoms with Gasteiger partial charge in [0.05, 0.1) is 5.54 Å². The fourth-order valence-electron chi connectivity index (χ4n) is 1.91. The first-order chi connectivity index (χ1) is 8.46. The summed E-state index contributed by atoms with van der Waals surface area (Å²) in [5, 5.41) is 2.99. The van der Waals surface area contributed by atoms with E-state index in [0.717, 1.165) is 32.5 Å². The number of ether oxygens (including phenoxy) is 1. The van der Waals surface area contributed by atoms with Crippen LogP contribution in [0, 0.1) is 5.92 Å². The normalized spacial score (nSPS) is 16.2. The number of amides is 1. The van der Waals surface area contributed by atoms with Gasteiger partial charge in [-0.1, -0.05) is 20.3 Å². The van der Waals surface area contributed by atoms with Crippen molar-refractivity contribution < 1.29 is 9.53 Å². The van der Waals surface area contributed by atoms with Crippen LogP contribution in [-0.2, 0) is 9.53 Å². The van der Waals surface area contributed by atoms with Crippen molar-refractivity contribution in [3.05, 3.63) is 0 Å². The summed E-state index contributed by atoms with van der Waals surface area (Å²) in [6.45, 7) is 7.87. The van der Waals surface area contributed by atoms with E-state index >= 15 is 0 Å². The number of hydrogen-bond donors (Lipinski definition) is 2. The minimum absolute atomic E-state index is 0.289. The molecule has 1 amide bonds. The zero-order valence-electron chi connectivity index (χ0n) is 12.4. The Morgan fingerprint density at radius 2 is 2.11 bits per heavy atom. The van der Waals surface area contributed by atoms with Gasteiger partial charge in [0.1, 0.15) is 0 Å². The summed E-state index contributed by atoms with van der Waals surface area (Å²) in [5.74, 6) is 0.352. The van der Waals surface area contributed by atoms with Crippen LogP contribution in [-0.4, -0.2) is 31.7 Å². The monoisotopic (exact) mass is 258 g/mol. The summed E-state index contributed by atoms with van der Waals surface area (Å²) >= 11 is 0. The molecule has 0 saturated heterocycles. The summed E-state index contributed by atoms with van der Waals surface area (Å²) in [7, 11) is 1.77. The van der Waals surface area contributed by atoms with Gasteiger partial charge in [0.25, 0.3) is 0 Å². The standard InChI is InChI=1S/C14H30N2O2/c1-5-8-12(2)11-18-10-7-6-9-14(3,16-4)13(15)17/h12,16H,5-11H2,1-4H3,(H2,15,17). The number of nitrogens with one attached hydrogen (secondary N) is 1. The molecule has 0 spiro atoms. The highest BCUT2D eigenvalue weighted by Gasteiger charge is 2.27. The van der Waals surface area contributed by atoms with Crippen molar-refractivity contribution in [2.75, 3.05) is 20.3 Å². The van der Waals surface area contributed by atoms with E-state index in [1.54, 1.807) is 7.05 Å². The molecule has 0 aliphatic heterocycles. The SMILES string of the molecule is CCCC(C)COCCCCC(C)(NC)C(N)=O. The highest BCUT2D eigenvalue weighted by Crippen LogP contribution is 2.13. The summed E-state index contributed by atoms with van der Waals surface area (Å²) in [6, 6.07) is 0. The molecule has 2 atom stereocenters. The second-order valence-electron chi connectivity index (χ2n) is 5.37. The van der Waals surface area contributed by atoms with Gasteiger partial charge in [0.15, 0.2) is 0 Å². The molecule has 0 aromatic rings. The highest BCUT2D eigenvalue weighted by molar-refractivity contribution is 5.84. The molecule has 0 aliphatic rings. The maximum atomic E-state index is 11.3. The van der Waals surface area contributed by atoms with Crippen LogP contribution in [0.25, 0.3) is 0 Å². The molecule has 0 saturated carbocycles. The van der Waals surface area contributed by atoms with Gasteiger partial charge in [-0.3, -0.25) is 4.79 Å². The second-order valence-corrected chi connectivity index (χ2v) is 5.37. The topological polar surface area (TPSA) is 64.3 Å². The van der Waals surface area contributed by atoms with Crippen molar-refractivity contribution in [3.8, 4) is 0 Å². The van der Waals surface area contributed by atoms with Crippen LogP contribution in [0.3, 0.4) is 0 Å². The first-order valence-electron chi connectivity index (χ1n) is 7.02. The smallest absolute Gasteiger partial charge is 0.237 e. The molecule has 4 heteroatoms. The lowest BCUT2D eigenvalue weighted by atomic mass is 9.94. The fraction of sp³-hybridized carbons (Fsp3) is 0.929. The van der Waals surface area contributed by atoms with Gasteiger partial charge in [-0.05, 0) is 45.6 Å². The van der Waals surface area contributed by atoms with Gasteiger partial charge in [-0.25, -0.2) is 0 Å². The Bertz CT molecular complexity index is 234. The zero-order valence-corrected chi connectivity index (χ0v) is 12.4. The Morgan fingerprint density at radius 3 is 2.61 bits per heavy atom.